The third-order valence-electron chi connectivity index (χ3n) is 4.82. The molecule has 3 N–H and O–H groups in total. The Bertz CT molecular complexity index is 1370. The molecule has 1 fully saturated rings. The van der Waals surface area contributed by atoms with Crippen molar-refractivity contribution in [1.82, 2.24) is 19.3 Å². The predicted molar refractivity (Wildman–Crippen MR) is 114 cm³/mol. The SMILES string of the molecule is NC(=O)Oc1nn(-c2cc(Cl)c(Oc3ccc(=O)n(C4CCC4)c3)c(Cl)c2)c(=O)[nH]c1=O. The van der Waals surface area contributed by atoms with Crippen LogP contribution >= 0.6 is 23.2 Å². The number of ether oxygens (including phenoxy) is 2. The Morgan fingerprint density at radius 1 is 1.16 bits per heavy atom. The third kappa shape index (κ3) is 4.25. The molecule has 166 valence electrons. The highest BCUT2D eigenvalue weighted by Gasteiger charge is 2.21. The van der Waals surface area contributed by atoms with Gasteiger partial charge in [0.1, 0.15) is 5.75 Å². The lowest BCUT2D eigenvalue weighted by molar-refractivity contribution is 0.207. The second-order valence-electron chi connectivity index (χ2n) is 6.93. The van der Waals surface area contributed by atoms with Crippen molar-refractivity contribution in [1.29, 1.82) is 0 Å². The number of nitrogens with one attached hydrogen (secondary N) is 1. The number of aromatic nitrogens is 4. The number of nitrogens with two attached hydrogens (primary N) is 1. The molecule has 1 aliphatic carbocycles. The summed E-state index contributed by atoms with van der Waals surface area (Å²) in [5, 5.41) is 3.72. The van der Waals surface area contributed by atoms with Crippen molar-refractivity contribution in [3.05, 3.63) is 71.7 Å². The maximum Gasteiger partial charge on any atom is 0.411 e. The lowest BCUT2D eigenvalue weighted by Crippen LogP contribution is -2.34. The maximum atomic E-state index is 12.2. The smallest absolute Gasteiger partial charge is 0.411 e. The van der Waals surface area contributed by atoms with E-state index < -0.39 is 23.2 Å². The van der Waals surface area contributed by atoms with Gasteiger partial charge in [-0.3, -0.25) is 14.6 Å². The fraction of sp³-hybridized carbons (Fsp3) is 0.211. The maximum absolute atomic E-state index is 12.2. The largest absolute Gasteiger partial charge is 0.453 e. The van der Waals surface area contributed by atoms with Crippen LogP contribution in [0.5, 0.6) is 17.4 Å². The molecule has 0 aliphatic heterocycles. The molecule has 32 heavy (non-hydrogen) atoms. The first-order valence-corrected chi connectivity index (χ1v) is 10.1. The molecule has 3 aromatic rings. The summed E-state index contributed by atoms with van der Waals surface area (Å²) in [6.07, 6.45) is 3.21. The van der Waals surface area contributed by atoms with E-state index >= 15 is 0 Å². The fourth-order valence-corrected chi connectivity index (χ4v) is 3.65. The number of hydrogen-bond acceptors (Lipinski definition) is 7. The Hall–Kier alpha value is -3.57. The van der Waals surface area contributed by atoms with Gasteiger partial charge in [-0.05, 0) is 37.5 Å². The molecular formula is C19H15Cl2N5O6. The van der Waals surface area contributed by atoms with Crippen LogP contribution in [0, 0.1) is 0 Å². The van der Waals surface area contributed by atoms with Crippen LogP contribution in [0.25, 0.3) is 5.69 Å². The van der Waals surface area contributed by atoms with Crippen LogP contribution in [0.4, 0.5) is 4.79 Å². The third-order valence-corrected chi connectivity index (χ3v) is 5.38. The summed E-state index contributed by atoms with van der Waals surface area (Å²) in [5.74, 6) is -0.297. The summed E-state index contributed by atoms with van der Waals surface area (Å²) >= 11 is 12.6. The molecular weight excluding hydrogens is 465 g/mol. The van der Waals surface area contributed by atoms with Gasteiger partial charge in [0, 0.05) is 12.1 Å². The van der Waals surface area contributed by atoms with Gasteiger partial charge >= 0.3 is 23.2 Å². The summed E-state index contributed by atoms with van der Waals surface area (Å²) in [7, 11) is 0. The molecule has 1 aliphatic rings. The first-order valence-electron chi connectivity index (χ1n) is 9.33. The number of carbonyl (C=O) groups is 1. The molecule has 0 spiro atoms. The first kappa shape index (κ1) is 21.7. The zero-order valence-electron chi connectivity index (χ0n) is 16.2. The molecule has 1 amide bonds. The standard InChI is InChI=1S/C19H15Cl2N5O6/c20-12-6-10(26-19(30)23-16(28)17(24-26)32-18(22)29)7-13(21)15(12)31-11-4-5-14(27)25(8-11)9-2-1-3-9/h4-9H,1-3H2,(H2,22,29)(H,23,28,30). The van der Waals surface area contributed by atoms with Crippen LogP contribution in [0.1, 0.15) is 25.3 Å². The minimum atomic E-state index is -1.28. The summed E-state index contributed by atoms with van der Waals surface area (Å²) in [6.45, 7) is 0. The Kier molecular flexibility index (Phi) is 5.76. The van der Waals surface area contributed by atoms with Crippen LogP contribution < -0.4 is 32.0 Å². The lowest BCUT2D eigenvalue weighted by Gasteiger charge is -2.27. The molecule has 2 aromatic heterocycles. The van der Waals surface area contributed by atoms with E-state index in [1.165, 1.54) is 24.3 Å². The average molecular weight is 480 g/mol. The molecule has 13 heteroatoms. The zero-order valence-corrected chi connectivity index (χ0v) is 17.7. The molecule has 0 atom stereocenters. The van der Waals surface area contributed by atoms with E-state index in [9.17, 15) is 19.2 Å². The van der Waals surface area contributed by atoms with Crippen LogP contribution in [0.3, 0.4) is 0 Å². The van der Waals surface area contributed by atoms with E-state index in [1.807, 2.05) is 4.98 Å². The Labute approximate surface area is 188 Å². The normalized spacial score (nSPS) is 13.4. The van der Waals surface area contributed by atoms with Crippen molar-refractivity contribution in [3.8, 4) is 23.1 Å². The van der Waals surface area contributed by atoms with Crippen LogP contribution in [0.15, 0.2) is 44.8 Å². The number of amides is 1. The van der Waals surface area contributed by atoms with E-state index in [-0.39, 0.29) is 33.1 Å². The van der Waals surface area contributed by atoms with Crippen LogP contribution in [-0.4, -0.2) is 25.4 Å². The minimum Gasteiger partial charge on any atom is -0.453 e. The van der Waals surface area contributed by atoms with Gasteiger partial charge in [-0.2, -0.15) is 4.68 Å². The van der Waals surface area contributed by atoms with Gasteiger partial charge in [0.2, 0.25) is 0 Å². The summed E-state index contributed by atoms with van der Waals surface area (Å²) in [6, 6.07) is 5.65. The molecule has 4 rings (SSSR count). The molecule has 0 radical (unpaired) electrons. The molecule has 1 saturated carbocycles. The number of carbonyl (C=O) groups excluding carboxylic acids is 1. The van der Waals surface area contributed by atoms with Gasteiger partial charge in [-0.1, -0.05) is 23.2 Å². The van der Waals surface area contributed by atoms with Gasteiger partial charge in [0.25, 0.3) is 5.56 Å². The van der Waals surface area contributed by atoms with Crippen molar-refractivity contribution < 1.29 is 14.3 Å². The van der Waals surface area contributed by atoms with E-state index in [1.54, 1.807) is 10.8 Å². The highest BCUT2D eigenvalue weighted by atomic mass is 35.5. The molecule has 2 heterocycles. The number of aromatic amines is 1. The number of H-pyrrole nitrogens is 1. The van der Waals surface area contributed by atoms with E-state index in [0.717, 1.165) is 23.9 Å². The molecule has 11 nitrogen and oxygen atoms in total. The Balaban J connectivity index is 1.69. The van der Waals surface area contributed by atoms with Gasteiger partial charge < -0.3 is 19.8 Å². The average Bonchev–Trinajstić information content (AvgIpc) is 2.67. The van der Waals surface area contributed by atoms with Crippen molar-refractivity contribution >= 4 is 29.3 Å². The molecule has 0 bridgehead atoms. The summed E-state index contributed by atoms with van der Waals surface area (Å²) < 4.78 is 12.6. The second-order valence-corrected chi connectivity index (χ2v) is 7.75. The number of pyridine rings is 1. The number of benzene rings is 1. The molecule has 0 unspecified atom stereocenters. The number of hydrogen-bond donors (Lipinski definition) is 2. The van der Waals surface area contributed by atoms with E-state index in [2.05, 4.69) is 9.84 Å². The van der Waals surface area contributed by atoms with Crippen molar-refractivity contribution in [2.45, 2.75) is 25.3 Å². The zero-order chi connectivity index (χ0) is 23.0. The van der Waals surface area contributed by atoms with E-state index in [0.29, 0.717) is 5.75 Å². The predicted octanol–water partition coefficient (Wildman–Crippen LogP) is 2.36. The number of halogens is 2. The Morgan fingerprint density at radius 3 is 2.44 bits per heavy atom. The van der Waals surface area contributed by atoms with E-state index in [4.69, 9.17) is 33.7 Å². The van der Waals surface area contributed by atoms with Crippen molar-refractivity contribution in [2.24, 2.45) is 5.73 Å². The van der Waals surface area contributed by atoms with Crippen LogP contribution in [0.2, 0.25) is 10.0 Å². The quantitative estimate of drug-likeness (QED) is 0.569. The molecule has 0 saturated heterocycles. The highest BCUT2D eigenvalue weighted by molar-refractivity contribution is 6.37. The summed E-state index contributed by atoms with van der Waals surface area (Å²) in [5.41, 5.74) is 2.85. The Morgan fingerprint density at radius 2 is 1.84 bits per heavy atom. The van der Waals surface area contributed by atoms with Gasteiger partial charge in [0.15, 0.2) is 5.75 Å². The van der Waals surface area contributed by atoms with Gasteiger partial charge in [-0.15, -0.1) is 5.10 Å². The monoisotopic (exact) mass is 479 g/mol. The lowest BCUT2D eigenvalue weighted by atomic mass is 9.93. The van der Waals surface area contributed by atoms with Crippen molar-refractivity contribution in [2.75, 3.05) is 0 Å². The number of rotatable bonds is 5. The molecule has 1 aromatic carbocycles. The number of nitrogens with zero attached hydrogens (tertiary/aromatic N) is 3. The summed E-state index contributed by atoms with van der Waals surface area (Å²) in [4.78, 5) is 48.9. The first-order chi connectivity index (χ1) is 15.2. The number of primary amides is 1. The van der Waals surface area contributed by atoms with Gasteiger partial charge in [-0.25, -0.2) is 9.59 Å². The highest BCUT2D eigenvalue weighted by Crippen LogP contribution is 2.38. The second kappa shape index (κ2) is 8.52. The fourth-order valence-electron chi connectivity index (χ4n) is 3.10. The van der Waals surface area contributed by atoms with Gasteiger partial charge in [0.05, 0.1) is 21.9 Å². The van der Waals surface area contributed by atoms with Crippen LogP contribution in [-0.2, 0) is 0 Å². The minimum absolute atomic E-state index is 0.0196. The topological polar surface area (TPSA) is 151 Å². The van der Waals surface area contributed by atoms with Crippen molar-refractivity contribution in [3.63, 3.8) is 0 Å².